The van der Waals surface area contributed by atoms with Gasteiger partial charge in [0.25, 0.3) is 0 Å². The highest BCUT2D eigenvalue weighted by Gasteiger charge is 2.15. The minimum atomic E-state index is -0.387. The number of urea groups is 1. The fourth-order valence-electron chi connectivity index (χ4n) is 3.30. The van der Waals surface area contributed by atoms with Gasteiger partial charge in [-0.05, 0) is 48.9 Å². The van der Waals surface area contributed by atoms with Crippen molar-refractivity contribution in [3.05, 3.63) is 60.2 Å². The molecule has 0 radical (unpaired) electrons. The molecule has 0 atom stereocenters. The van der Waals surface area contributed by atoms with Crippen molar-refractivity contribution in [2.75, 3.05) is 32.0 Å². The Bertz CT molecular complexity index is 1240. The van der Waals surface area contributed by atoms with Crippen LogP contribution in [0.5, 0.6) is 17.2 Å². The molecule has 8 heteroatoms. The largest absolute Gasteiger partial charge is 0.493 e. The van der Waals surface area contributed by atoms with Crippen molar-refractivity contribution in [3.63, 3.8) is 0 Å². The summed E-state index contributed by atoms with van der Waals surface area (Å²) in [5.74, 6) is 1.37. The maximum atomic E-state index is 12.5. The van der Waals surface area contributed by atoms with Crippen LogP contribution in [0.25, 0.3) is 20.8 Å². The number of thiazole rings is 1. The topological polar surface area (TPSA) is 81.7 Å². The fourth-order valence-corrected chi connectivity index (χ4v) is 4.37. The van der Waals surface area contributed by atoms with E-state index in [0.717, 1.165) is 20.8 Å². The number of amides is 2. The summed E-state index contributed by atoms with van der Waals surface area (Å²) in [6.45, 7) is 2.07. The number of aryl methyl sites for hydroxylation is 1. The van der Waals surface area contributed by atoms with Gasteiger partial charge in [0.2, 0.25) is 5.75 Å². The SMILES string of the molecule is COc1cc(NC(=O)Nc2ccc(-c3nc4ccc(C)cc4s3)cc2)cc(OC)c1OC. The first kappa shape index (κ1) is 21.5. The molecule has 0 fully saturated rings. The second-order valence-corrected chi connectivity index (χ2v) is 8.09. The minimum Gasteiger partial charge on any atom is -0.493 e. The van der Waals surface area contributed by atoms with Crippen molar-refractivity contribution in [1.29, 1.82) is 0 Å². The van der Waals surface area contributed by atoms with Gasteiger partial charge in [-0.1, -0.05) is 6.07 Å². The van der Waals surface area contributed by atoms with Crippen LogP contribution in [0.1, 0.15) is 5.56 Å². The lowest BCUT2D eigenvalue weighted by atomic mass is 10.2. The maximum absolute atomic E-state index is 12.5. The van der Waals surface area contributed by atoms with Crippen LogP contribution >= 0.6 is 11.3 Å². The minimum absolute atomic E-state index is 0.387. The Labute approximate surface area is 190 Å². The Balaban J connectivity index is 1.47. The molecule has 3 aromatic carbocycles. The standard InChI is InChI=1S/C24H23N3O4S/c1-14-5-10-18-21(11-14)32-23(27-18)15-6-8-16(9-7-15)25-24(28)26-17-12-19(29-2)22(31-4)20(13-17)30-3/h5-13H,1-4H3,(H2,25,26,28). The zero-order chi connectivity index (χ0) is 22.7. The second kappa shape index (κ2) is 9.15. The smallest absolute Gasteiger partial charge is 0.323 e. The number of nitrogens with zero attached hydrogens (tertiary/aromatic N) is 1. The van der Waals surface area contributed by atoms with E-state index in [1.54, 1.807) is 23.5 Å². The number of benzene rings is 3. The quantitative estimate of drug-likeness (QED) is 0.381. The lowest BCUT2D eigenvalue weighted by Gasteiger charge is -2.15. The number of anilines is 2. The summed E-state index contributed by atoms with van der Waals surface area (Å²) in [7, 11) is 4.57. The molecule has 0 aliphatic rings. The maximum Gasteiger partial charge on any atom is 0.323 e. The molecule has 0 aliphatic carbocycles. The van der Waals surface area contributed by atoms with Crippen LogP contribution in [0.2, 0.25) is 0 Å². The van der Waals surface area contributed by atoms with E-state index in [-0.39, 0.29) is 6.03 Å². The monoisotopic (exact) mass is 449 g/mol. The third-order valence-corrected chi connectivity index (χ3v) is 5.92. The summed E-state index contributed by atoms with van der Waals surface area (Å²) in [6.07, 6.45) is 0. The first-order valence-corrected chi connectivity index (χ1v) is 10.7. The highest BCUT2D eigenvalue weighted by atomic mass is 32.1. The predicted octanol–water partition coefficient (Wildman–Crippen LogP) is 5.94. The Hall–Kier alpha value is -3.78. The van der Waals surface area contributed by atoms with E-state index in [0.29, 0.717) is 28.6 Å². The lowest BCUT2D eigenvalue weighted by molar-refractivity contribution is 0.262. The van der Waals surface area contributed by atoms with E-state index in [1.165, 1.54) is 26.9 Å². The van der Waals surface area contributed by atoms with E-state index >= 15 is 0 Å². The zero-order valence-corrected chi connectivity index (χ0v) is 19.0. The molecular formula is C24H23N3O4S. The molecule has 2 amide bonds. The number of hydrogen-bond donors (Lipinski definition) is 2. The van der Waals surface area contributed by atoms with Crippen LogP contribution in [0.15, 0.2) is 54.6 Å². The molecule has 164 valence electrons. The molecule has 2 N–H and O–H groups in total. The van der Waals surface area contributed by atoms with Crippen molar-refractivity contribution < 1.29 is 19.0 Å². The lowest BCUT2D eigenvalue weighted by Crippen LogP contribution is -2.19. The predicted molar refractivity (Wildman–Crippen MR) is 129 cm³/mol. The number of fused-ring (bicyclic) bond motifs is 1. The van der Waals surface area contributed by atoms with Crippen LogP contribution in [0.3, 0.4) is 0 Å². The van der Waals surface area contributed by atoms with E-state index in [4.69, 9.17) is 19.2 Å². The molecule has 1 heterocycles. The first-order chi connectivity index (χ1) is 15.5. The number of aromatic nitrogens is 1. The molecule has 0 bridgehead atoms. The van der Waals surface area contributed by atoms with Crippen molar-refractivity contribution in [2.24, 2.45) is 0 Å². The third-order valence-electron chi connectivity index (χ3n) is 4.86. The van der Waals surface area contributed by atoms with E-state index in [9.17, 15) is 4.79 Å². The third kappa shape index (κ3) is 4.45. The normalized spacial score (nSPS) is 10.6. The zero-order valence-electron chi connectivity index (χ0n) is 18.2. The number of carbonyl (C=O) groups excluding carboxylic acids is 1. The first-order valence-electron chi connectivity index (χ1n) is 9.86. The van der Waals surface area contributed by atoms with E-state index in [2.05, 4.69) is 29.7 Å². The van der Waals surface area contributed by atoms with Gasteiger partial charge in [-0.2, -0.15) is 0 Å². The molecule has 32 heavy (non-hydrogen) atoms. The van der Waals surface area contributed by atoms with Gasteiger partial charge < -0.3 is 24.8 Å². The summed E-state index contributed by atoms with van der Waals surface area (Å²) in [5.41, 5.74) is 4.38. The van der Waals surface area contributed by atoms with Gasteiger partial charge in [0.05, 0.1) is 37.2 Å². The summed E-state index contributed by atoms with van der Waals surface area (Å²) in [6, 6.07) is 16.8. The van der Waals surface area contributed by atoms with Crippen molar-refractivity contribution in [1.82, 2.24) is 4.98 Å². The van der Waals surface area contributed by atoms with Crippen LogP contribution in [0.4, 0.5) is 16.2 Å². The van der Waals surface area contributed by atoms with Gasteiger partial charge in [0.1, 0.15) is 5.01 Å². The van der Waals surface area contributed by atoms with Gasteiger partial charge in [-0.3, -0.25) is 0 Å². The molecule has 4 rings (SSSR count). The van der Waals surface area contributed by atoms with Gasteiger partial charge >= 0.3 is 6.03 Å². The highest BCUT2D eigenvalue weighted by Crippen LogP contribution is 2.40. The highest BCUT2D eigenvalue weighted by molar-refractivity contribution is 7.21. The van der Waals surface area contributed by atoms with Crippen molar-refractivity contribution in [3.8, 4) is 27.8 Å². The fraction of sp³-hybridized carbons (Fsp3) is 0.167. The van der Waals surface area contributed by atoms with E-state index in [1.807, 2.05) is 30.3 Å². The van der Waals surface area contributed by atoms with Gasteiger partial charge in [-0.15, -0.1) is 11.3 Å². The van der Waals surface area contributed by atoms with Gasteiger partial charge in [0.15, 0.2) is 11.5 Å². The number of nitrogens with one attached hydrogen (secondary N) is 2. The second-order valence-electron chi connectivity index (χ2n) is 7.06. The Morgan fingerprint density at radius 3 is 2.12 bits per heavy atom. The molecule has 7 nitrogen and oxygen atoms in total. The molecule has 4 aromatic rings. The number of carbonyl (C=O) groups is 1. The average Bonchev–Trinajstić information content (AvgIpc) is 3.21. The molecule has 0 saturated heterocycles. The van der Waals surface area contributed by atoms with Crippen LogP contribution < -0.4 is 24.8 Å². The number of methoxy groups -OCH3 is 3. The summed E-state index contributed by atoms with van der Waals surface area (Å²) in [5, 5.41) is 6.55. The molecule has 0 spiro atoms. The van der Waals surface area contributed by atoms with Crippen LogP contribution in [-0.2, 0) is 0 Å². The van der Waals surface area contributed by atoms with Gasteiger partial charge in [-0.25, -0.2) is 9.78 Å². The summed E-state index contributed by atoms with van der Waals surface area (Å²) >= 11 is 1.65. The molecular weight excluding hydrogens is 426 g/mol. The molecule has 0 saturated carbocycles. The molecule has 1 aromatic heterocycles. The molecule has 0 aliphatic heterocycles. The summed E-state index contributed by atoms with van der Waals surface area (Å²) in [4.78, 5) is 17.2. The van der Waals surface area contributed by atoms with Crippen molar-refractivity contribution in [2.45, 2.75) is 6.92 Å². The summed E-state index contributed by atoms with van der Waals surface area (Å²) < 4.78 is 17.1. The van der Waals surface area contributed by atoms with Crippen LogP contribution in [0, 0.1) is 6.92 Å². The number of hydrogen-bond acceptors (Lipinski definition) is 6. The number of rotatable bonds is 6. The van der Waals surface area contributed by atoms with Crippen LogP contribution in [-0.4, -0.2) is 32.3 Å². The number of ether oxygens (including phenoxy) is 3. The molecule has 0 unspecified atom stereocenters. The van der Waals surface area contributed by atoms with E-state index < -0.39 is 0 Å². The Morgan fingerprint density at radius 2 is 1.50 bits per heavy atom. The average molecular weight is 450 g/mol. The van der Waals surface area contributed by atoms with Crippen molar-refractivity contribution >= 4 is 39.0 Å². The van der Waals surface area contributed by atoms with Gasteiger partial charge in [0, 0.05) is 23.4 Å². The Morgan fingerprint density at radius 1 is 0.844 bits per heavy atom. The Kier molecular flexibility index (Phi) is 6.13.